The van der Waals surface area contributed by atoms with Crippen molar-refractivity contribution in [3.8, 4) is 0 Å². The van der Waals surface area contributed by atoms with Gasteiger partial charge in [0.05, 0.1) is 23.9 Å². The number of hydrogen-bond acceptors (Lipinski definition) is 5. The molecule has 2 heterocycles. The predicted molar refractivity (Wildman–Crippen MR) is 65.1 cm³/mol. The zero-order valence-corrected chi connectivity index (χ0v) is 10.4. The van der Waals surface area contributed by atoms with Gasteiger partial charge in [0.25, 0.3) is 5.91 Å². The Morgan fingerprint density at radius 3 is 2.94 bits per heavy atom. The molecule has 0 atom stereocenters. The molecule has 6 nitrogen and oxygen atoms in total. The summed E-state index contributed by atoms with van der Waals surface area (Å²) >= 11 is 6.80. The van der Waals surface area contributed by atoms with E-state index in [-0.39, 0.29) is 17.2 Å². The molecule has 0 aliphatic rings. The fourth-order valence-electron chi connectivity index (χ4n) is 1.22. The van der Waals surface area contributed by atoms with Gasteiger partial charge in [-0.05, 0) is 17.7 Å². The van der Waals surface area contributed by atoms with Crippen LogP contribution >= 0.6 is 22.9 Å². The minimum absolute atomic E-state index is 0.00480. The van der Waals surface area contributed by atoms with Crippen molar-refractivity contribution in [2.24, 2.45) is 0 Å². The van der Waals surface area contributed by atoms with Gasteiger partial charge in [0.1, 0.15) is 0 Å². The predicted octanol–water partition coefficient (Wildman–Crippen LogP) is 2.27. The van der Waals surface area contributed by atoms with Gasteiger partial charge in [-0.3, -0.25) is 14.9 Å². The Morgan fingerprint density at radius 2 is 2.33 bits per heavy atom. The van der Waals surface area contributed by atoms with Gasteiger partial charge in [0.2, 0.25) is 5.22 Å². The van der Waals surface area contributed by atoms with Crippen LogP contribution in [0.1, 0.15) is 16.1 Å². The van der Waals surface area contributed by atoms with Crippen molar-refractivity contribution in [2.45, 2.75) is 6.42 Å². The van der Waals surface area contributed by atoms with E-state index in [9.17, 15) is 9.59 Å². The smallest absolute Gasteiger partial charge is 0.309 e. The van der Waals surface area contributed by atoms with E-state index in [2.05, 4.69) is 10.3 Å². The van der Waals surface area contributed by atoms with Gasteiger partial charge in [-0.15, -0.1) is 11.3 Å². The first-order valence-electron chi connectivity index (χ1n) is 4.77. The third-order valence-electron chi connectivity index (χ3n) is 1.97. The summed E-state index contributed by atoms with van der Waals surface area (Å²) in [4.78, 5) is 26.2. The summed E-state index contributed by atoms with van der Waals surface area (Å²) < 4.78 is 4.79. The van der Waals surface area contributed by atoms with Gasteiger partial charge in [-0.2, -0.15) is 0 Å². The quantitative estimate of drug-likeness (QED) is 0.899. The van der Waals surface area contributed by atoms with Crippen molar-refractivity contribution in [1.82, 2.24) is 4.98 Å². The molecule has 0 spiro atoms. The lowest BCUT2D eigenvalue weighted by molar-refractivity contribution is -0.136. The van der Waals surface area contributed by atoms with Crippen LogP contribution in [0.25, 0.3) is 0 Å². The number of anilines is 1. The molecule has 2 N–H and O–H groups in total. The molecular formula is C10H7ClN2O4S. The van der Waals surface area contributed by atoms with E-state index in [1.807, 2.05) is 0 Å². The van der Waals surface area contributed by atoms with Crippen LogP contribution in [0, 0.1) is 0 Å². The molecule has 0 saturated heterocycles. The van der Waals surface area contributed by atoms with Gasteiger partial charge in [-0.1, -0.05) is 0 Å². The Bertz CT molecular complexity index is 592. The number of furan rings is 1. The van der Waals surface area contributed by atoms with Crippen molar-refractivity contribution in [2.75, 3.05) is 5.32 Å². The summed E-state index contributed by atoms with van der Waals surface area (Å²) in [5.41, 5.74) is 0.591. The number of amides is 1. The number of thiazole rings is 1. The fraction of sp³-hybridized carbons (Fsp3) is 0.100. The number of carboxylic acids is 1. The van der Waals surface area contributed by atoms with Gasteiger partial charge in [-0.25, -0.2) is 4.98 Å². The highest BCUT2D eigenvalue weighted by molar-refractivity contribution is 7.14. The first kappa shape index (κ1) is 12.6. The fourth-order valence-corrected chi connectivity index (χ4v) is 2.13. The van der Waals surface area contributed by atoms with Gasteiger partial charge >= 0.3 is 5.97 Å². The van der Waals surface area contributed by atoms with Crippen molar-refractivity contribution in [1.29, 1.82) is 0 Å². The lowest BCUT2D eigenvalue weighted by Gasteiger charge is -1.98. The van der Waals surface area contributed by atoms with Crippen molar-refractivity contribution < 1.29 is 19.1 Å². The number of rotatable bonds is 4. The molecule has 8 heteroatoms. The summed E-state index contributed by atoms with van der Waals surface area (Å²) in [7, 11) is 0. The normalized spacial score (nSPS) is 10.3. The third-order valence-corrected chi connectivity index (χ3v) is 3.07. The number of hydrogen-bond donors (Lipinski definition) is 2. The molecule has 0 aromatic carbocycles. The maximum Gasteiger partial charge on any atom is 0.309 e. The number of carbonyl (C=O) groups excluding carboxylic acids is 1. The molecule has 18 heavy (non-hydrogen) atoms. The minimum atomic E-state index is -0.976. The van der Waals surface area contributed by atoms with E-state index in [1.54, 1.807) is 5.38 Å². The van der Waals surface area contributed by atoms with E-state index >= 15 is 0 Å². The highest BCUT2D eigenvalue weighted by atomic mass is 35.5. The van der Waals surface area contributed by atoms with Crippen molar-refractivity contribution in [3.63, 3.8) is 0 Å². The maximum absolute atomic E-state index is 11.7. The van der Waals surface area contributed by atoms with Gasteiger partial charge in [0.15, 0.2) is 5.13 Å². The molecule has 1 amide bonds. The maximum atomic E-state index is 11.7. The van der Waals surface area contributed by atoms with Gasteiger partial charge < -0.3 is 9.52 Å². The second-order valence-corrected chi connectivity index (χ2v) is 4.48. The van der Waals surface area contributed by atoms with Crippen molar-refractivity contribution in [3.05, 3.63) is 34.2 Å². The summed E-state index contributed by atoms with van der Waals surface area (Å²) in [6.07, 6.45) is 1.12. The van der Waals surface area contributed by atoms with Crippen LogP contribution < -0.4 is 5.32 Å². The SMILES string of the molecule is O=C(O)Cc1csc(NC(=O)c2ccoc2Cl)n1. The lowest BCUT2D eigenvalue weighted by Crippen LogP contribution is -2.11. The average molecular weight is 287 g/mol. The third kappa shape index (κ3) is 2.88. The Balaban J connectivity index is 2.06. The van der Waals surface area contributed by atoms with E-state index < -0.39 is 11.9 Å². The van der Waals surface area contributed by atoms with Crippen LogP contribution in [-0.4, -0.2) is 22.0 Å². The van der Waals surface area contributed by atoms with Crippen LogP contribution in [0.4, 0.5) is 5.13 Å². The number of aliphatic carboxylic acids is 1. The van der Waals surface area contributed by atoms with Crippen molar-refractivity contribution >= 4 is 39.9 Å². The van der Waals surface area contributed by atoms with Crippen LogP contribution in [0.2, 0.25) is 5.22 Å². The molecule has 2 aromatic rings. The Hall–Kier alpha value is -1.86. The summed E-state index contributed by atoms with van der Waals surface area (Å²) in [5.74, 6) is -1.43. The second-order valence-electron chi connectivity index (χ2n) is 3.28. The largest absolute Gasteiger partial charge is 0.481 e. The lowest BCUT2D eigenvalue weighted by atomic mass is 10.3. The molecular weight excluding hydrogens is 280 g/mol. The van der Waals surface area contributed by atoms with Crippen LogP contribution in [0.15, 0.2) is 22.1 Å². The Labute approximate surface area is 110 Å². The number of nitrogens with zero attached hydrogens (tertiary/aromatic N) is 1. The number of carbonyl (C=O) groups is 2. The van der Waals surface area contributed by atoms with Gasteiger partial charge in [0, 0.05) is 5.38 Å². The Kier molecular flexibility index (Phi) is 3.63. The standard InChI is InChI=1S/C10H7ClN2O4S/c11-8-6(1-2-17-8)9(16)13-10-12-5(4-18-10)3-7(14)15/h1-2,4H,3H2,(H,14,15)(H,12,13,16). The molecule has 2 aromatic heterocycles. The molecule has 0 aliphatic carbocycles. The van der Waals surface area contributed by atoms with E-state index in [0.29, 0.717) is 10.8 Å². The number of halogens is 1. The molecule has 0 unspecified atom stereocenters. The van der Waals surface area contributed by atoms with Crippen LogP contribution in [0.5, 0.6) is 0 Å². The zero-order valence-electron chi connectivity index (χ0n) is 8.84. The van der Waals surface area contributed by atoms with Crippen LogP contribution in [0.3, 0.4) is 0 Å². The molecule has 0 fully saturated rings. The number of carboxylic acid groups (broad SMARTS) is 1. The topological polar surface area (TPSA) is 92.4 Å². The van der Waals surface area contributed by atoms with E-state index in [0.717, 1.165) is 11.3 Å². The first-order chi connectivity index (χ1) is 8.56. The summed E-state index contributed by atoms with van der Waals surface area (Å²) in [6.45, 7) is 0. The van der Waals surface area contributed by atoms with E-state index in [1.165, 1.54) is 12.3 Å². The molecule has 0 saturated carbocycles. The van der Waals surface area contributed by atoms with E-state index in [4.69, 9.17) is 21.1 Å². The minimum Gasteiger partial charge on any atom is -0.481 e. The highest BCUT2D eigenvalue weighted by Crippen LogP contribution is 2.20. The Morgan fingerprint density at radius 1 is 1.56 bits per heavy atom. The average Bonchev–Trinajstić information content (AvgIpc) is 2.87. The first-order valence-corrected chi connectivity index (χ1v) is 6.02. The summed E-state index contributed by atoms with van der Waals surface area (Å²) in [5, 5.41) is 13.0. The monoisotopic (exact) mass is 286 g/mol. The second kappa shape index (κ2) is 5.19. The molecule has 0 radical (unpaired) electrons. The number of aromatic nitrogens is 1. The molecule has 0 bridgehead atoms. The summed E-state index contributed by atoms with van der Waals surface area (Å²) in [6, 6.07) is 1.43. The highest BCUT2D eigenvalue weighted by Gasteiger charge is 2.15. The molecule has 0 aliphatic heterocycles. The molecule has 94 valence electrons. The molecule has 2 rings (SSSR count). The zero-order chi connectivity index (χ0) is 13.1. The van der Waals surface area contributed by atoms with Crippen LogP contribution in [-0.2, 0) is 11.2 Å². The number of nitrogens with one attached hydrogen (secondary N) is 1.